The van der Waals surface area contributed by atoms with Crippen LogP contribution in [0.1, 0.15) is 23.1 Å². The fourth-order valence-electron chi connectivity index (χ4n) is 1.58. The number of pyridine rings is 1. The highest BCUT2D eigenvalue weighted by Gasteiger charge is 2.10. The van der Waals surface area contributed by atoms with Crippen LogP contribution in [-0.2, 0) is 7.05 Å². The van der Waals surface area contributed by atoms with Gasteiger partial charge in [0.25, 0.3) is 5.91 Å². The summed E-state index contributed by atoms with van der Waals surface area (Å²) >= 11 is 3.32. The first-order valence-corrected chi connectivity index (χ1v) is 6.45. The van der Waals surface area contributed by atoms with Gasteiger partial charge in [0.2, 0.25) is 0 Å². The molecule has 0 aromatic carbocycles. The fraction of sp³-hybridized carbons (Fsp3) is 0.154. The second-order valence-corrected chi connectivity index (χ2v) is 4.92. The highest BCUT2D eigenvalue weighted by atomic mass is 79.9. The van der Waals surface area contributed by atoms with Crippen molar-refractivity contribution in [2.24, 2.45) is 12.1 Å². The number of carbonyl (C=O) groups is 1. The van der Waals surface area contributed by atoms with Crippen LogP contribution in [0.2, 0.25) is 0 Å². The maximum atomic E-state index is 11.9. The normalized spacial score (nSPS) is 11.4. The number of hydrogen-bond acceptors (Lipinski definition) is 3. The number of rotatable bonds is 3. The van der Waals surface area contributed by atoms with Gasteiger partial charge in [0.05, 0.1) is 11.4 Å². The molecule has 6 heteroatoms. The molecule has 0 radical (unpaired) electrons. The van der Waals surface area contributed by atoms with Crippen LogP contribution in [-0.4, -0.2) is 21.2 Å². The van der Waals surface area contributed by atoms with Crippen molar-refractivity contribution in [3.05, 3.63) is 52.5 Å². The monoisotopic (exact) mass is 320 g/mol. The first-order valence-electron chi connectivity index (χ1n) is 5.66. The summed E-state index contributed by atoms with van der Waals surface area (Å²) in [5.41, 5.74) is 4.44. The summed E-state index contributed by atoms with van der Waals surface area (Å²) in [6, 6.07) is 7.28. The van der Waals surface area contributed by atoms with Gasteiger partial charge in [0.1, 0.15) is 5.69 Å². The number of aryl methyl sites for hydroxylation is 1. The van der Waals surface area contributed by atoms with Gasteiger partial charge in [0, 0.05) is 23.9 Å². The molecule has 1 amide bonds. The summed E-state index contributed by atoms with van der Waals surface area (Å²) in [4.78, 5) is 16.1. The minimum absolute atomic E-state index is 0.261. The SMILES string of the molecule is C/C(=N\NC(=O)c1cc(Br)cn1C)c1ccccn1. The number of hydrazone groups is 1. The molecule has 2 aromatic rings. The standard InChI is InChI=1S/C13H13BrN4O/c1-9(11-5-3-4-6-15-11)16-17-13(19)12-7-10(14)8-18(12)2/h3-8H,1-2H3,(H,17,19)/b16-9+. The van der Waals surface area contributed by atoms with E-state index in [1.54, 1.807) is 30.8 Å². The van der Waals surface area contributed by atoms with Gasteiger partial charge in [-0.05, 0) is 41.1 Å². The van der Waals surface area contributed by atoms with Crippen molar-refractivity contribution in [1.82, 2.24) is 15.0 Å². The summed E-state index contributed by atoms with van der Waals surface area (Å²) in [5, 5.41) is 4.05. The van der Waals surface area contributed by atoms with Crippen molar-refractivity contribution < 1.29 is 4.79 Å². The zero-order chi connectivity index (χ0) is 13.8. The van der Waals surface area contributed by atoms with Crippen LogP contribution in [0.3, 0.4) is 0 Å². The third-order valence-corrected chi connectivity index (χ3v) is 3.00. The number of nitrogens with one attached hydrogen (secondary N) is 1. The Hall–Kier alpha value is -1.95. The molecule has 0 fully saturated rings. The molecule has 2 aromatic heterocycles. The summed E-state index contributed by atoms with van der Waals surface area (Å²) in [7, 11) is 1.80. The largest absolute Gasteiger partial charge is 0.345 e. The number of amides is 1. The third-order valence-electron chi connectivity index (χ3n) is 2.56. The van der Waals surface area contributed by atoms with Gasteiger partial charge in [-0.1, -0.05) is 6.07 Å². The molecule has 0 unspecified atom stereocenters. The van der Waals surface area contributed by atoms with Gasteiger partial charge in [-0.15, -0.1) is 0 Å². The third kappa shape index (κ3) is 3.29. The van der Waals surface area contributed by atoms with Crippen molar-refractivity contribution >= 4 is 27.5 Å². The van der Waals surface area contributed by atoms with E-state index in [9.17, 15) is 4.79 Å². The maximum absolute atomic E-state index is 11.9. The number of halogens is 1. The smallest absolute Gasteiger partial charge is 0.288 e. The molecule has 1 N–H and O–H groups in total. The second kappa shape index (κ2) is 5.79. The van der Waals surface area contributed by atoms with Gasteiger partial charge in [-0.3, -0.25) is 9.78 Å². The molecular formula is C13H13BrN4O. The van der Waals surface area contributed by atoms with E-state index in [4.69, 9.17) is 0 Å². The quantitative estimate of drug-likeness (QED) is 0.697. The molecule has 0 aliphatic heterocycles. The topological polar surface area (TPSA) is 59.3 Å². The van der Waals surface area contributed by atoms with Gasteiger partial charge in [0.15, 0.2) is 0 Å². The summed E-state index contributed by atoms with van der Waals surface area (Å²) in [6.07, 6.45) is 3.49. The Kier molecular flexibility index (Phi) is 4.11. The second-order valence-electron chi connectivity index (χ2n) is 4.01. The Morgan fingerprint density at radius 2 is 2.26 bits per heavy atom. The van der Waals surface area contributed by atoms with Crippen LogP contribution in [0, 0.1) is 0 Å². The minimum atomic E-state index is -0.261. The molecule has 0 aliphatic carbocycles. The zero-order valence-electron chi connectivity index (χ0n) is 10.6. The highest BCUT2D eigenvalue weighted by Crippen LogP contribution is 2.13. The lowest BCUT2D eigenvalue weighted by Crippen LogP contribution is -2.21. The van der Waals surface area contributed by atoms with Gasteiger partial charge >= 0.3 is 0 Å². The maximum Gasteiger partial charge on any atom is 0.288 e. The molecule has 0 aliphatic rings. The van der Waals surface area contributed by atoms with Crippen LogP contribution in [0.5, 0.6) is 0 Å². The Labute approximate surface area is 119 Å². The number of hydrogen-bond donors (Lipinski definition) is 1. The number of aromatic nitrogens is 2. The van der Waals surface area contributed by atoms with E-state index < -0.39 is 0 Å². The highest BCUT2D eigenvalue weighted by molar-refractivity contribution is 9.10. The van der Waals surface area contributed by atoms with E-state index >= 15 is 0 Å². The van der Waals surface area contributed by atoms with Gasteiger partial charge in [-0.2, -0.15) is 5.10 Å². The fourth-order valence-corrected chi connectivity index (χ4v) is 2.10. The summed E-state index contributed by atoms with van der Waals surface area (Å²) in [5.74, 6) is -0.261. The van der Waals surface area contributed by atoms with E-state index in [0.717, 1.165) is 10.2 Å². The van der Waals surface area contributed by atoms with Crippen molar-refractivity contribution in [2.45, 2.75) is 6.92 Å². The predicted octanol–water partition coefficient (Wildman–Crippen LogP) is 2.34. The number of nitrogens with zero attached hydrogens (tertiary/aromatic N) is 3. The van der Waals surface area contributed by atoms with Crippen LogP contribution in [0.25, 0.3) is 0 Å². The van der Waals surface area contributed by atoms with Crippen LogP contribution < -0.4 is 5.43 Å². The molecule has 0 spiro atoms. The summed E-state index contributed by atoms with van der Waals surface area (Å²) < 4.78 is 2.58. The Balaban J connectivity index is 2.10. The van der Waals surface area contributed by atoms with E-state index in [1.807, 2.05) is 24.4 Å². The lowest BCUT2D eigenvalue weighted by atomic mass is 10.3. The molecule has 2 heterocycles. The van der Waals surface area contributed by atoms with Crippen molar-refractivity contribution in [1.29, 1.82) is 0 Å². The molecule has 0 saturated carbocycles. The van der Waals surface area contributed by atoms with E-state index in [-0.39, 0.29) is 5.91 Å². The van der Waals surface area contributed by atoms with Crippen LogP contribution >= 0.6 is 15.9 Å². The number of carbonyl (C=O) groups excluding carboxylic acids is 1. The van der Waals surface area contributed by atoms with Crippen molar-refractivity contribution in [3.8, 4) is 0 Å². The van der Waals surface area contributed by atoms with Crippen LogP contribution in [0.15, 0.2) is 46.2 Å². The first-order chi connectivity index (χ1) is 9.08. The van der Waals surface area contributed by atoms with Crippen LogP contribution in [0.4, 0.5) is 0 Å². The van der Waals surface area contributed by atoms with E-state index in [1.165, 1.54) is 0 Å². The Morgan fingerprint density at radius 3 is 2.84 bits per heavy atom. The molecule has 0 bridgehead atoms. The van der Waals surface area contributed by atoms with Crippen molar-refractivity contribution in [2.75, 3.05) is 0 Å². The van der Waals surface area contributed by atoms with Gasteiger partial charge in [-0.25, -0.2) is 5.43 Å². The molecule has 19 heavy (non-hydrogen) atoms. The first kappa shape index (κ1) is 13.5. The lowest BCUT2D eigenvalue weighted by molar-refractivity contribution is 0.0946. The predicted molar refractivity (Wildman–Crippen MR) is 77.0 cm³/mol. The lowest BCUT2D eigenvalue weighted by Gasteiger charge is -2.03. The molecule has 5 nitrogen and oxygen atoms in total. The van der Waals surface area contributed by atoms with E-state index in [0.29, 0.717) is 11.4 Å². The minimum Gasteiger partial charge on any atom is -0.345 e. The van der Waals surface area contributed by atoms with Crippen molar-refractivity contribution in [3.63, 3.8) is 0 Å². The van der Waals surface area contributed by atoms with Gasteiger partial charge < -0.3 is 4.57 Å². The average Bonchev–Trinajstić information content (AvgIpc) is 2.75. The molecule has 98 valence electrons. The Morgan fingerprint density at radius 1 is 1.47 bits per heavy atom. The molecule has 0 atom stereocenters. The average molecular weight is 321 g/mol. The molecule has 2 rings (SSSR count). The molecule has 0 saturated heterocycles. The Bertz CT molecular complexity index is 619. The zero-order valence-corrected chi connectivity index (χ0v) is 12.2. The molecular weight excluding hydrogens is 308 g/mol. The summed E-state index contributed by atoms with van der Waals surface area (Å²) in [6.45, 7) is 1.80. The van der Waals surface area contributed by atoms with E-state index in [2.05, 4.69) is 31.4 Å².